The Morgan fingerprint density at radius 1 is 1.12 bits per heavy atom. The fourth-order valence-corrected chi connectivity index (χ4v) is 3.74. The Bertz CT molecular complexity index is 1190. The third-order valence-corrected chi connectivity index (χ3v) is 5.28. The molecular formula is C26H22N2O4. The molecule has 0 fully saturated rings. The van der Waals surface area contributed by atoms with Crippen molar-refractivity contribution >= 4 is 17.8 Å². The van der Waals surface area contributed by atoms with Gasteiger partial charge in [-0.25, -0.2) is 0 Å². The highest BCUT2D eigenvalue weighted by Gasteiger charge is 2.43. The lowest BCUT2D eigenvalue weighted by Gasteiger charge is -2.27. The van der Waals surface area contributed by atoms with Crippen LogP contribution in [0.1, 0.15) is 22.7 Å². The first-order valence-electron chi connectivity index (χ1n) is 10.1. The highest BCUT2D eigenvalue weighted by Crippen LogP contribution is 2.39. The predicted molar refractivity (Wildman–Crippen MR) is 121 cm³/mol. The monoisotopic (exact) mass is 426 g/mol. The molecule has 1 N–H and O–H groups in total. The number of aliphatic hydroxyl groups is 1. The van der Waals surface area contributed by atoms with E-state index >= 15 is 0 Å². The number of aromatic nitrogens is 1. The Labute approximate surface area is 186 Å². The van der Waals surface area contributed by atoms with E-state index in [9.17, 15) is 14.7 Å². The first-order chi connectivity index (χ1) is 15.6. The zero-order valence-electron chi connectivity index (χ0n) is 17.5. The highest BCUT2D eigenvalue weighted by atomic mass is 16.5. The van der Waals surface area contributed by atoms with Gasteiger partial charge < -0.3 is 14.7 Å². The van der Waals surface area contributed by atoms with Crippen LogP contribution in [0.2, 0.25) is 0 Å². The topological polar surface area (TPSA) is 79.7 Å². The fourth-order valence-electron chi connectivity index (χ4n) is 3.74. The van der Waals surface area contributed by atoms with Crippen LogP contribution in [0.4, 0.5) is 0 Å². The summed E-state index contributed by atoms with van der Waals surface area (Å²) in [4.78, 5) is 31.8. The molecule has 1 aliphatic rings. The van der Waals surface area contributed by atoms with Crippen molar-refractivity contribution in [2.45, 2.75) is 12.6 Å². The van der Waals surface area contributed by atoms with Crippen LogP contribution in [0.25, 0.3) is 6.08 Å². The van der Waals surface area contributed by atoms with Crippen molar-refractivity contribution in [1.82, 2.24) is 9.88 Å². The number of methoxy groups -OCH3 is 1. The third-order valence-electron chi connectivity index (χ3n) is 5.28. The van der Waals surface area contributed by atoms with Gasteiger partial charge in [-0.1, -0.05) is 54.6 Å². The number of hydrogen-bond acceptors (Lipinski definition) is 5. The first kappa shape index (κ1) is 21.1. The second-order valence-corrected chi connectivity index (χ2v) is 7.34. The fraction of sp³-hybridized carbons (Fsp3) is 0.115. The van der Waals surface area contributed by atoms with E-state index in [1.54, 1.807) is 49.8 Å². The summed E-state index contributed by atoms with van der Waals surface area (Å²) >= 11 is 0. The Kier molecular flexibility index (Phi) is 6.12. The van der Waals surface area contributed by atoms with Gasteiger partial charge in [-0.15, -0.1) is 0 Å². The minimum atomic E-state index is -0.759. The number of ketones is 1. The van der Waals surface area contributed by atoms with Gasteiger partial charge >= 0.3 is 0 Å². The van der Waals surface area contributed by atoms with E-state index in [1.165, 1.54) is 11.0 Å². The lowest BCUT2D eigenvalue weighted by atomic mass is 9.95. The summed E-state index contributed by atoms with van der Waals surface area (Å²) < 4.78 is 5.33. The highest BCUT2D eigenvalue weighted by molar-refractivity contribution is 6.14. The van der Waals surface area contributed by atoms with Crippen molar-refractivity contribution in [2.24, 2.45) is 0 Å². The molecule has 4 rings (SSSR count). The van der Waals surface area contributed by atoms with Gasteiger partial charge in [-0.3, -0.25) is 14.6 Å². The van der Waals surface area contributed by atoms with E-state index in [2.05, 4.69) is 4.98 Å². The van der Waals surface area contributed by atoms with E-state index in [0.29, 0.717) is 11.3 Å². The van der Waals surface area contributed by atoms with Gasteiger partial charge in [-0.05, 0) is 41.0 Å². The second kappa shape index (κ2) is 9.31. The zero-order chi connectivity index (χ0) is 22.5. The largest absolute Gasteiger partial charge is 0.503 e. The first-order valence-corrected chi connectivity index (χ1v) is 10.1. The summed E-state index contributed by atoms with van der Waals surface area (Å²) in [7, 11) is 1.55. The standard InChI is InChI=1S/C26H22N2O4/c1-32-21-11-5-10-20(15-21)24-23(22(29)13-12-18-7-3-2-4-8-18)25(30)26(31)28(24)17-19-9-6-14-27-16-19/h2-16,24,30H,17H2,1H3/b13-12+. The molecule has 1 amide bonds. The molecule has 0 radical (unpaired) electrons. The molecular weight excluding hydrogens is 404 g/mol. The molecule has 1 aliphatic heterocycles. The number of pyridine rings is 1. The van der Waals surface area contributed by atoms with E-state index in [-0.39, 0.29) is 12.1 Å². The van der Waals surface area contributed by atoms with Gasteiger partial charge in [0.25, 0.3) is 5.91 Å². The molecule has 32 heavy (non-hydrogen) atoms. The maximum Gasteiger partial charge on any atom is 0.290 e. The number of hydrogen-bond donors (Lipinski definition) is 1. The van der Waals surface area contributed by atoms with Crippen LogP contribution in [-0.4, -0.2) is 33.8 Å². The molecule has 160 valence electrons. The van der Waals surface area contributed by atoms with Crippen LogP contribution in [0.5, 0.6) is 5.75 Å². The zero-order valence-corrected chi connectivity index (χ0v) is 17.5. The lowest BCUT2D eigenvalue weighted by Crippen LogP contribution is -2.30. The van der Waals surface area contributed by atoms with E-state index in [1.807, 2.05) is 42.5 Å². The molecule has 0 saturated heterocycles. The number of nitrogens with zero attached hydrogens (tertiary/aromatic N) is 2. The van der Waals surface area contributed by atoms with Gasteiger partial charge in [0.15, 0.2) is 11.5 Å². The molecule has 6 heteroatoms. The summed E-state index contributed by atoms with van der Waals surface area (Å²) in [6.07, 6.45) is 6.35. The summed E-state index contributed by atoms with van der Waals surface area (Å²) in [6.45, 7) is 0.192. The van der Waals surface area contributed by atoms with Crippen LogP contribution in [0.15, 0.2) is 96.5 Å². The minimum absolute atomic E-state index is 0.0410. The van der Waals surface area contributed by atoms with Crippen molar-refractivity contribution in [1.29, 1.82) is 0 Å². The smallest absolute Gasteiger partial charge is 0.290 e. The lowest BCUT2D eigenvalue weighted by molar-refractivity contribution is -0.130. The van der Waals surface area contributed by atoms with Crippen LogP contribution < -0.4 is 4.74 Å². The number of allylic oxidation sites excluding steroid dienone is 1. The van der Waals surface area contributed by atoms with Crippen LogP contribution in [0, 0.1) is 0 Å². The molecule has 0 spiro atoms. The number of carbonyl (C=O) groups excluding carboxylic acids is 2. The number of rotatable bonds is 7. The Balaban J connectivity index is 1.74. The van der Waals surface area contributed by atoms with Crippen LogP contribution in [-0.2, 0) is 16.1 Å². The number of aliphatic hydroxyl groups excluding tert-OH is 1. The summed E-state index contributed by atoms with van der Waals surface area (Å²) in [5.41, 5.74) is 2.34. The van der Waals surface area contributed by atoms with Gasteiger partial charge in [0.1, 0.15) is 5.75 Å². The van der Waals surface area contributed by atoms with Gasteiger partial charge in [0.2, 0.25) is 0 Å². The van der Waals surface area contributed by atoms with E-state index < -0.39 is 23.5 Å². The molecule has 1 atom stereocenters. The maximum atomic E-state index is 13.2. The normalized spacial score (nSPS) is 16.1. The van der Waals surface area contributed by atoms with E-state index in [4.69, 9.17) is 4.74 Å². The van der Waals surface area contributed by atoms with Crippen molar-refractivity contribution < 1.29 is 19.4 Å². The molecule has 0 aliphatic carbocycles. The molecule has 2 aromatic carbocycles. The van der Waals surface area contributed by atoms with Crippen molar-refractivity contribution in [3.63, 3.8) is 0 Å². The number of carbonyl (C=O) groups is 2. The molecule has 0 bridgehead atoms. The van der Waals surface area contributed by atoms with Crippen LogP contribution in [0.3, 0.4) is 0 Å². The molecule has 3 aromatic rings. The second-order valence-electron chi connectivity index (χ2n) is 7.34. The molecule has 6 nitrogen and oxygen atoms in total. The Hall–Kier alpha value is -4.19. The van der Waals surface area contributed by atoms with Gasteiger partial charge in [0, 0.05) is 18.9 Å². The van der Waals surface area contributed by atoms with Gasteiger partial charge in [-0.2, -0.15) is 0 Å². The number of benzene rings is 2. The number of amides is 1. The summed E-state index contributed by atoms with van der Waals surface area (Å²) in [5, 5.41) is 10.7. The average molecular weight is 426 g/mol. The maximum absolute atomic E-state index is 13.2. The quantitative estimate of drug-likeness (QED) is 0.571. The minimum Gasteiger partial charge on any atom is -0.503 e. The third kappa shape index (κ3) is 4.30. The molecule has 2 heterocycles. The SMILES string of the molecule is COc1cccc(C2C(C(=O)/C=C/c3ccccc3)=C(O)C(=O)N2Cc2cccnc2)c1. The Morgan fingerprint density at radius 2 is 1.94 bits per heavy atom. The van der Waals surface area contributed by atoms with Crippen molar-refractivity contribution in [3.8, 4) is 5.75 Å². The molecule has 0 saturated carbocycles. The Morgan fingerprint density at radius 3 is 2.66 bits per heavy atom. The molecule has 1 aromatic heterocycles. The van der Waals surface area contributed by atoms with Crippen LogP contribution >= 0.6 is 0 Å². The molecule has 1 unspecified atom stereocenters. The average Bonchev–Trinajstić information content (AvgIpc) is 3.09. The summed E-state index contributed by atoms with van der Waals surface area (Å²) in [5.74, 6) is -0.974. The van der Waals surface area contributed by atoms with Gasteiger partial charge in [0.05, 0.1) is 18.7 Å². The number of ether oxygens (including phenoxy) is 1. The van der Waals surface area contributed by atoms with Crippen molar-refractivity contribution in [3.05, 3.63) is 113 Å². The predicted octanol–water partition coefficient (Wildman–Crippen LogP) is 4.27. The van der Waals surface area contributed by atoms with E-state index in [0.717, 1.165) is 11.1 Å². The summed E-state index contributed by atoms with van der Waals surface area (Å²) in [6, 6.07) is 19.4. The van der Waals surface area contributed by atoms with Crippen molar-refractivity contribution in [2.75, 3.05) is 7.11 Å².